The molecule has 1 aliphatic heterocycles. The van der Waals surface area contributed by atoms with Crippen molar-refractivity contribution in [2.24, 2.45) is 0 Å². The van der Waals surface area contributed by atoms with Crippen LogP contribution in [0.1, 0.15) is 0 Å². The molecule has 0 amide bonds. The van der Waals surface area contributed by atoms with E-state index in [-0.39, 0.29) is 6.32 Å². The number of rotatable bonds is 4. The van der Waals surface area contributed by atoms with Crippen LogP contribution in [0.4, 0.5) is 0 Å². The molecule has 0 aliphatic carbocycles. The Kier molecular flexibility index (Phi) is 3.26. The molecule has 1 rings (SSSR count). The molecule has 0 aromatic carbocycles. The van der Waals surface area contributed by atoms with Crippen molar-refractivity contribution in [3.8, 4) is 0 Å². The highest BCUT2D eigenvalue weighted by Gasteiger charge is 2.46. The fraction of sp³-hybridized carbons (Fsp3) is 0.429. The molecule has 2 N–H and O–H groups in total. The largest absolute Gasteiger partial charge is 0.479 e. The average Bonchev–Trinajstić information content (AvgIpc) is 2.49. The van der Waals surface area contributed by atoms with Crippen molar-refractivity contribution < 1.29 is 29.1 Å². The third-order valence-electron chi connectivity index (χ3n) is 1.72. The number of hydrogen-bond acceptors (Lipinski definition) is 4. The van der Waals surface area contributed by atoms with E-state index in [0.717, 1.165) is 0 Å². The Hall–Kier alpha value is -1.34. The lowest BCUT2D eigenvalue weighted by Crippen LogP contribution is -2.36. The van der Waals surface area contributed by atoms with E-state index < -0.39 is 31.3 Å². The van der Waals surface area contributed by atoms with Crippen LogP contribution in [0.2, 0.25) is 6.32 Å². The molecule has 14 heavy (non-hydrogen) atoms. The average molecular weight is 200 g/mol. The summed E-state index contributed by atoms with van der Waals surface area (Å²) in [6.45, 7) is 3.41. The van der Waals surface area contributed by atoms with E-state index in [9.17, 15) is 9.59 Å². The van der Waals surface area contributed by atoms with Gasteiger partial charge in [0, 0.05) is 6.32 Å². The first kappa shape index (κ1) is 10.7. The minimum atomic E-state index is -1.45. The first-order valence-electron chi connectivity index (χ1n) is 3.93. The van der Waals surface area contributed by atoms with Gasteiger partial charge in [0.05, 0.1) is 0 Å². The van der Waals surface area contributed by atoms with E-state index in [4.69, 9.17) is 19.5 Å². The molecule has 0 spiro atoms. The zero-order chi connectivity index (χ0) is 10.7. The quantitative estimate of drug-likeness (QED) is 0.474. The van der Waals surface area contributed by atoms with Crippen LogP contribution >= 0.6 is 0 Å². The standard InChI is InChI=1S/C7H9BO6/c1-2-3-8-13-4(6(9)10)5(14-8)7(11)12/h2,4-5H,1,3H2,(H,9,10)(H,11,12). The Labute approximate surface area is 80.3 Å². The molecular formula is C7H9BO6. The van der Waals surface area contributed by atoms with Crippen LogP contribution in [0.15, 0.2) is 12.7 Å². The van der Waals surface area contributed by atoms with E-state index in [1.54, 1.807) is 0 Å². The molecule has 1 fully saturated rings. The summed E-state index contributed by atoms with van der Waals surface area (Å²) in [5, 5.41) is 17.2. The molecule has 7 heteroatoms. The summed E-state index contributed by atoms with van der Waals surface area (Å²) < 4.78 is 9.73. The van der Waals surface area contributed by atoms with Gasteiger partial charge < -0.3 is 19.5 Å². The third kappa shape index (κ3) is 2.12. The summed E-state index contributed by atoms with van der Waals surface area (Å²) in [6.07, 6.45) is -1.17. The van der Waals surface area contributed by atoms with Gasteiger partial charge in [0.15, 0.2) is 12.2 Å². The number of carboxylic acid groups (broad SMARTS) is 2. The van der Waals surface area contributed by atoms with Gasteiger partial charge in [-0.1, -0.05) is 6.08 Å². The lowest BCUT2D eigenvalue weighted by Gasteiger charge is -2.08. The van der Waals surface area contributed by atoms with Gasteiger partial charge >= 0.3 is 19.1 Å². The lowest BCUT2D eigenvalue weighted by atomic mass is 9.85. The van der Waals surface area contributed by atoms with Crippen LogP contribution in [0, 0.1) is 0 Å². The predicted molar refractivity (Wildman–Crippen MR) is 45.8 cm³/mol. The zero-order valence-corrected chi connectivity index (χ0v) is 7.25. The lowest BCUT2D eigenvalue weighted by molar-refractivity contribution is -0.156. The van der Waals surface area contributed by atoms with E-state index in [0.29, 0.717) is 0 Å². The first-order chi connectivity index (χ1) is 6.56. The minimum Gasteiger partial charge on any atom is -0.479 e. The van der Waals surface area contributed by atoms with Crippen LogP contribution in [0.3, 0.4) is 0 Å². The fourth-order valence-electron chi connectivity index (χ4n) is 1.12. The normalized spacial score (nSPS) is 26.1. The topological polar surface area (TPSA) is 93.1 Å². The molecule has 76 valence electrons. The van der Waals surface area contributed by atoms with Gasteiger partial charge in [0.1, 0.15) is 0 Å². The molecule has 0 bridgehead atoms. The van der Waals surface area contributed by atoms with E-state index in [1.807, 2.05) is 0 Å². The Bertz CT molecular complexity index is 243. The van der Waals surface area contributed by atoms with Gasteiger partial charge in [-0.25, -0.2) is 9.59 Å². The Morgan fingerprint density at radius 3 is 2.00 bits per heavy atom. The summed E-state index contributed by atoms with van der Waals surface area (Å²) in [5.41, 5.74) is 0. The number of hydrogen-bond donors (Lipinski definition) is 2. The summed E-state index contributed by atoms with van der Waals surface area (Å²) in [6, 6.07) is 0. The monoisotopic (exact) mass is 200 g/mol. The first-order valence-corrected chi connectivity index (χ1v) is 3.93. The molecule has 0 aromatic heterocycles. The molecule has 0 saturated carbocycles. The Morgan fingerprint density at radius 1 is 1.29 bits per heavy atom. The Balaban J connectivity index is 2.69. The highest BCUT2D eigenvalue weighted by molar-refractivity contribution is 6.46. The highest BCUT2D eigenvalue weighted by Crippen LogP contribution is 2.19. The van der Waals surface area contributed by atoms with E-state index in [1.165, 1.54) is 6.08 Å². The van der Waals surface area contributed by atoms with Crippen molar-refractivity contribution in [2.75, 3.05) is 0 Å². The van der Waals surface area contributed by atoms with Gasteiger partial charge in [0.25, 0.3) is 0 Å². The fourth-order valence-corrected chi connectivity index (χ4v) is 1.12. The number of carboxylic acids is 2. The smallest absolute Gasteiger partial charge is 0.462 e. The maximum atomic E-state index is 10.6. The molecule has 6 nitrogen and oxygen atoms in total. The van der Waals surface area contributed by atoms with Gasteiger partial charge in [-0.05, 0) is 0 Å². The van der Waals surface area contributed by atoms with Crippen LogP contribution < -0.4 is 0 Å². The highest BCUT2D eigenvalue weighted by atomic mass is 16.7. The maximum absolute atomic E-state index is 10.6. The number of carbonyl (C=O) groups is 2. The van der Waals surface area contributed by atoms with Crippen molar-refractivity contribution >= 4 is 19.1 Å². The molecule has 2 atom stereocenters. The molecule has 1 heterocycles. The second-order valence-corrected chi connectivity index (χ2v) is 2.74. The third-order valence-corrected chi connectivity index (χ3v) is 1.72. The van der Waals surface area contributed by atoms with Crippen LogP contribution in [0.5, 0.6) is 0 Å². The van der Waals surface area contributed by atoms with Gasteiger partial charge in [-0.3, -0.25) is 0 Å². The predicted octanol–water partition coefficient (Wildman–Crippen LogP) is -0.386. The van der Waals surface area contributed by atoms with Crippen LogP contribution in [0.25, 0.3) is 0 Å². The van der Waals surface area contributed by atoms with Gasteiger partial charge in [-0.2, -0.15) is 0 Å². The number of allylic oxidation sites excluding steroid dienone is 1. The maximum Gasteiger partial charge on any atom is 0.462 e. The molecule has 0 aromatic rings. The van der Waals surface area contributed by atoms with Crippen molar-refractivity contribution in [2.45, 2.75) is 18.5 Å². The summed E-state index contributed by atoms with van der Waals surface area (Å²) >= 11 is 0. The molecule has 1 aliphatic rings. The minimum absolute atomic E-state index is 0.257. The summed E-state index contributed by atoms with van der Waals surface area (Å²) in [7, 11) is -0.838. The summed E-state index contributed by atoms with van der Waals surface area (Å²) in [4.78, 5) is 21.1. The van der Waals surface area contributed by atoms with Crippen molar-refractivity contribution in [3.63, 3.8) is 0 Å². The van der Waals surface area contributed by atoms with Crippen LogP contribution in [-0.4, -0.2) is 41.5 Å². The second-order valence-electron chi connectivity index (χ2n) is 2.74. The molecule has 2 unspecified atom stereocenters. The molecule has 1 saturated heterocycles. The van der Waals surface area contributed by atoms with Crippen molar-refractivity contribution in [1.82, 2.24) is 0 Å². The zero-order valence-electron chi connectivity index (χ0n) is 7.25. The molecule has 0 radical (unpaired) electrons. The van der Waals surface area contributed by atoms with Crippen molar-refractivity contribution in [1.29, 1.82) is 0 Å². The van der Waals surface area contributed by atoms with Crippen molar-refractivity contribution in [3.05, 3.63) is 12.7 Å². The van der Waals surface area contributed by atoms with E-state index >= 15 is 0 Å². The number of aliphatic carboxylic acids is 2. The second kappa shape index (κ2) is 4.25. The summed E-state index contributed by atoms with van der Waals surface area (Å²) in [5.74, 6) is -2.69. The molecular weight excluding hydrogens is 191 g/mol. The Morgan fingerprint density at radius 2 is 1.71 bits per heavy atom. The van der Waals surface area contributed by atoms with Crippen LogP contribution in [-0.2, 0) is 18.9 Å². The SMILES string of the molecule is C=CCB1OC(C(=O)O)C(C(=O)O)O1. The van der Waals surface area contributed by atoms with Gasteiger partial charge in [0.2, 0.25) is 0 Å². The van der Waals surface area contributed by atoms with E-state index in [2.05, 4.69) is 6.58 Å². The van der Waals surface area contributed by atoms with Gasteiger partial charge in [-0.15, -0.1) is 6.58 Å².